The molecule has 0 aliphatic heterocycles. The molecule has 6 aromatic carbocycles. The standard InChI is InChI=1S/C38H30N2/c39-31-23-19-27(20-24-31)33-15-7-9-17-35(33)38(36-18-10-8-16-34(36)28-21-25-32(40)26-22-28)37(29-11-3-1-4-12-29)30-13-5-2-6-14-30/h1-26H,39-40H2. The number of nitrogens with two attached hydrogens (primary N) is 2. The van der Waals surface area contributed by atoms with Gasteiger partial charge in [-0.15, -0.1) is 0 Å². The van der Waals surface area contributed by atoms with Crippen molar-refractivity contribution < 1.29 is 0 Å². The predicted molar refractivity (Wildman–Crippen MR) is 170 cm³/mol. The van der Waals surface area contributed by atoms with E-state index in [1.807, 2.05) is 24.3 Å². The summed E-state index contributed by atoms with van der Waals surface area (Å²) in [6, 6.07) is 54.9. The maximum absolute atomic E-state index is 6.07. The molecule has 4 N–H and O–H groups in total. The summed E-state index contributed by atoms with van der Waals surface area (Å²) in [7, 11) is 0. The van der Waals surface area contributed by atoms with E-state index in [4.69, 9.17) is 11.5 Å². The summed E-state index contributed by atoms with van der Waals surface area (Å²) in [5, 5.41) is 0. The van der Waals surface area contributed by atoms with Gasteiger partial charge in [0.1, 0.15) is 0 Å². The third-order valence-corrected chi connectivity index (χ3v) is 7.21. The van der Waals surface area contributed by atoms with Gasteiger partial charge in [-0.1, -0.05) is 133 Å². The highest BCUT2D eigenvalue weighted by Crippen LogP contribution is 2.43. The van der Waals surface area contributed by atoms with E-state index in [1.165, 1.54) is 5.57 Å². The van der Waals surface area contributed by atoms with Crippen molar-refractivity contribution in [1.82, 2.24) is 0 Å². The maximum Gasteiger partial charge on any atom is 0.0314 e. The van der Waals surface area contributed by atoms with Gasteiger partial charge >= 0.3 is 0 Å². The Labute approximate surface area is 235 Å². The molecule has 0 fully saturated rings. The first-order chi connectivity index (χ1) is 19.7. The first kappa shape index (κ1) is 25.0. The molecular weight excluding hydrogens is 484 g/mol. The van der Waals surface area contributed by atoms with Crippen LogP contribution in [0.5, 0.6) is 0 Å². The third kappa shape index (κ3) is 5.03. The molecule has 2 nitrogen and oxygen atoms in total. The SMILES string of the molecule is Nc1ccc(-c2ccccc2C(=C(c2ccccc2)c2ccccc2)c2ccccc2-c2ccc(N)cc2)cc1. The lowest BCUT2D eigenvalue weighted by molar-refractivity contribution is 1.49. The van der Waals surface area contributed by atoms with Crippen molar-refractivity contribution >= 4 is 22.5 Å². The van der Waals surface area contributed by atoms with Gasteiger partial charge in [0.25, 0.3) is 0 Å². The molecule has 0 atom stereocenters. The number of rotatable bonds is 6. The summed E-state index contributed by atoms with van der Waals surface area (Å²) in [5.41, 5.74) is 25.1. The van der Waals surface area contributed by atoms with E-state index in [9.17, 15) is 0 Å². The molecule has 0 aliphatic carbocycles. The van der Waals surface area contributed by atoms with Gasteiger partial charge in [0.2, 0.25) is 0 Å². The summed E-state index contributed by atoms with van der Waals surface area (Å²) in [4.78, 5) is 0. The van der Waals surface area contributed by atoms with Gasteiger partial charge in [0.15, 0.2) is 0 Å². The quantitative estimate of drug-likeness (QED) is 0.172. The second-order valence-corrected chi connectivity index (χ2v) is 9.82. The van der Waals surface area contributed by atoms with Crippen molar-refractivity contribution in [3.63, 3.8) is 0 Å². The Morgan fingerprint density at radius 3 is 1.07 bits per heavy atom. The summed E-state index contributed by atoms with van der Waals surface area (Å²) in [6.45, 7) is 0. The largest absolute Gasteiger partial charge is 0.399 e. The summed E-state index contributed by atoms with van der Waals surface area (Å²) in [6.07, 6.45) is 0. The third-order valence-electron chi connectivity index (χ3n) is 7.21. The second kappa shape index (κ2) is 11.2. The van der Waals surface area contributed by atoms with Crippen molar-refractivity contribution in [2.45, 2.75) is 0 Å². The average Bonchev–Trinajstić information content (AvgIpc) is 3.02. The average molecular weight is 515 g/mol. The van der Waals surface area contributed by atoms with Crippen molar-refractivity contribution in [3.8, 4) is 22.3 Å². The van der Waals surface area contributed by atoms with Crippen LogP contribution in [0.2, 0.25) is 0 Å². The molecule has 0 amide bonds. The van der Waals surface area contributed by atoms with Gasteiger partial charge in [-0.2, -0.15) is 0 Å². The van der Waals surface area contributed by atoms with Crippen molar-refractivity contribution in [2.75, 3.05) is 11.5 Å². The fraction of sp³-hybridized carbons (Fsp3) is 0. The van der Waals surface area contributed by atoms with Gasteiger partial charge in [0.05, 0.1) is 0 Å². The Morgan fingerprint density at radius 2 is 0.675 bits per heavy atom. The van der Waals surface area contributed by atoms with E-state index in [-0.39, 0.29) is 0 Å². The van der Waals surface area contributed by atoms with Crippen LogP contribution in [0.4, 0.5) is 11.4 Å². The molecule has 0 radical (unpaired) electrons. The normalized spacial score (nSPS) is 10.7. The zero-order valence-corrected chi connectivity index (χ0v) is 22.2. The van der Waals surface area contributed by atoms with Gasteiger partial charge in [-0.25, -0.2) is 0 Å². The zero-order valence-electron chi connectivity index (χ0n) is 22.2. The number of benzene rings is 6. The van der Waals surface area contributed by atoms with Gasteiger partial charge in [-0.05, 0) is 79.9 Å². The van der Waals surface area contributed by atoms with Gasteiger partial charge in [-0.3, -0.25) is 0 Å². The molecule has 40 heavy (non-hydrogen) atoms. The predicted octanol–water partition coefficient (Wildman–Crippen LogP) is 9.19. The molecule has 2 heteroatoms. The van der Waals surface area contributed by atoms with Crippen LogP contribution in [0.1, 0.15) is 22.3 Å². The number of anilines is 2. The Bertz CT molecular complexity index is 1630. The highest BCUT2D eigenvalue weighted by molar-refractivity contribution is 6.09. The van der Waals surface area contributed by atoms with E-state index < -0.39 is 0 Å². The number of hydrogen-bond donors (Lipinski definition) is 2. The monoisotopic (exact) mass is 514 g/mol. The van der Waals surface area contributed by atoms with Crippen LogP contribution < -0.4 is 11.5 Å². The van der Waals surface area contributed by atoms with Gasteiger partial charge < -0.3 is 11.5 Å². The molecule has 0 heterocycles. The minimum atomic E-state index is 0.750. The topological polar surface area (TPSA) is 52.0 Å². The lowest BCUT2D eigenvalue weighted by atomic mass is 9.80. The molecule has 0 bridgehead atoms. The zero-order chi connectivity index (χ0) is 27.3. The highest BCUT2D eigenvalue weighted by Gasteiger charge is 2.21. The first-order valence-electron chi connectivity index (χ1n) is 13.4. The van der Waals surface area contributed by atoms with Crippen LogP contribution >= 0.6 is 0 Å². The molecule has 0 aliphatic rings. The minimum Gasteiger partial charge on any atom is -0.399 e. The number of hydrogen-bond acceptors (Lipinski definition) is 2. The summed E-state index contributed by atoms with van der Waals surface area (Å²) in [5.74, 6) is 0. The van der Waals surface area contributed by atoms with Crippen molar-refractivity contribution in [2.24, 2.45) is 0 Å². The number of nitrogen functional groups attached to an aromatic ring is 2. The van der Waals surface area contributed by atoms with Crippen LogP contribution in [-0.2, 0) is 0 Å². The van der Waals surface area contributed by atoms with Crippen LogP contribution in [0.15, 0.2) is 158 Å². The molecule has 0 aromatic heterocycles. The van der Waals surface area contributed by atoms with Crippen LogP contribution in [0.25, 0.3) is 33.4 Å². The fourth-order valence-corrected chi connectivity index (χ4v) is 5.31. The fourth-order valence-electron chi connectivity index (χ4n) is 5.31. The minimum absolute atomic E-state index is 0.750. The maximum atomic E-state index is 6.07. The smallest absolute Gasteiger partial charge is 0.0314 e. The molecule has 192 valence electrons. The van der Waals surface area contributed by atoms with Crippen molar-refractivity contribution in [3.05, 3.63) is 180 Å². The molecule has 0 saturated carbocycles. The van der Waals surface area contributed by atoms with E-state index in [2.05, 4.69) is 133 Å². The summed E-state index contributed by atoms with van der Waals surface area (Å²) >= 11 is 0. The van der Waals surface area contributed by atoms with E-state index in [0.29, 0.717) is 0 Å². The second-order valence-electron chi connectivity index (χ2n) is 9.82. The lowest BCUT2D eigenvalue weighted by Gasteiger charge is -2.23. The Hall–Kier alpha value is -5.34. The summed E-state index contributed by atoms with van der Waals surface area (Å²) < 4.78 is 0. The molecule has 6 rings (SSSR count). The van der Waals surface area contributed by atoms with Crippen molar-refractivity contribution in [1.29, 1.82) is 0 Å². The molecule has 0 saturated heterocycles. The molecule has 6 aromatic rings. The Kier molecular flexibility index (Phi) is 6.98. The molecular formula is C38H30N2. The van der Waals surface area contributed by atoms with E-state index in [1.54, 1.807) is 0 Å². The van der Waals surface area contributed by atoms with Gasteiger partial charge in [0, 0.05) is 11.4 Å². The molecule has 0 spiro atoms. The Balaban J connectivity index is 1.75. The lowest BCUT2D eigenvalue weighted by Crippen LogP contribution is -2.01. The van der Waals surface area contributed by atoms with Crippen LogP contribution in [0, 0.1) is 0 Å². The Morgan fingerprint density at radius 1 is 0.325 bits per heavy atom. The van der Waals surface area contributed by atoms with Crippen LogP contribution in [0.3, 0.4) is 0 Å². The van der Waals surface area contributed by atoms with E-state index >= 15 is 0 Å². The van der Waals surface area contributed by atoms with Crippen LogP contribution in [-0.4, -0.2) is 0 Å². The molecule has 0 unspecified atom stereocenters. The highest BCUT2D eigenvalue weighted by atomic mass is 14.5. The first-order valence-corrected chi connectivity index (χ1v) is 13.4. The van der Waals surface area contributed by atoms with E-state index in [0.717, 1.165) is 61.5 Å².